The second-order valence-corrected chi connectivity index (χ2v) is 5.84. The predicted octanol–water partition coefficient (Wildman–Crippen LogP) is 1.66. The van der Waals surface area contributed by atoms with E-state index in [4.69, 9.17) is 0 Å². The molecule has 104 valence electrons. The Balaban J connectivity index is 1.86. The van der Waals surface area contributed by atoms with Gasteiger partial charge in [-0.1, -0.05) is 13.8 Å². The molecule has 1 aliphatic heterocycles. The summed E-state index contributed by atoms with van der Waals surface area (Å²) in [5.74, 6) is -0.628. The summed E-state index contributed by atoms with van der Waals surface area (Å²) in [4.78, 5) is 16.4. The van der Waals surface area contributed by atoms with Crippen LogP contribution in [0.1, 0.15) is 39.5 Å². The number of rotatable bonds is 6. The third-order valence-corrected chi connectivity index (χ3v) is 4.80. The standard InChI is InChI=1S/C14H26N2O2/c1-3-14(4-2,13(17)18)11-15-7-9-16(10-8-15)12-5-6-12/h12H,3-11H2,1-2H3,(H,17,18). The minimum Gasteiger partial charge on any atom is -0.481 e. The molecule has 1 N–H and O–H groups in total. The average Bonchev–Trinajstić information content (AvgIpc) is 3.21. The minimum absolute atomic E-state index is 0.540. The summed E-state index contributed by atoms with van der Waals surface area (Å²) in [6.07, 6.45) is 4.18. The Labute approximate surface area is 110 Å². The van der Waals surface area contributed by atoms with E-state index >= 15 is 0 Å². The van der Waals surface area contributed by atoms with E-state index in [1.54, 1.807) is 0 Å². The third kappa shape index (κ3) is 2.86. The summed E-state index contributed by atoms with van der Waals surface area (Å²) in [7, 11) is 0. The van der Waals surface area contributed by atoms with Crippen LogP contribution in [0.2, 0.25) is 0 Å². The van der Waals surface area contributed by atoms with E-state index in [1.165, 1.54) is 12.8 Å². The molecule has 2 aliphatic rings. The highest BCUT2D eigenvalue weighted by atomic mass is 16.4. The molecule has 4 heteroatoms. The van der Waals surface area contributed by atoms with Gasteiger partial charge in [0.1, 0.15) is 0 Å². The number of nitrogens with zero attached hydrogens (tertiary/aromatic N) is 2. The Hall–Kier alpha value is -0.610. The Kier molecular flexibility index (Phi) is 4.28. The molecule has 2 rings (SSSR count). The maximum atomic E-state index is 11.5. The molecule has 0 aromatic rings. The molecule has 1 saturated carbocycles. The van der Waals surface area contributed by atoms with Crippen LogP contribution < -0.4 is 0 Å². The van der Waals surface area contributed by atoms with Gasteiger partial charge in [-0.25, -0.2) is 0 Å². The number of carboxylic acid groups (broad SMARTS) is 1. The molecule has 0 amide bonds. The molecule has 18 heavy (non-hydrogen) atoms. The zero-order chi connectivity index (χ0) is 13.2. The quantitative estimate of drug-likeness (QED) is 0.783. The first-order chi connectivity index (χ1) is 8.61. The van der Waals surface area contributed by atoms with Crippen LogP contribution >= 0.6 is 0 Å². The molecule has 2 fully saturated rings. The molecule has 0 unspecified atom stereocenters. The first-order valence-corrected chi connectivity index (χ1v) is 7.31. The minimum atomic E-state index is -0.628. The predicted molar refractivity (Wildman–Crippen MR) is 71.7 cm³/mol. The molecular formula is C14H26N2O2. The zero-order valence-corrected chi connectivity index (χ0v) is 11.7. The Morgan fingerprint density at radius 3 is 2.11 bits per heavy atom. The summed E-state index contributed by atoms with van der Waals surface area (Å²) in [5.41, 5.74) is -0.540. The lowest BCUT2D eigenvalue weighted by atomic mass is 9.81. The summed E-state index contributed by atoms with van der Waals surface area (Å²) in [5, 5.41) is 9.47. The second kappa shape index (κ2) is 5.57. The maximum absolute atomic E-state index is 11.5. The van der Waals surface area contributed by atoms with Gasteiger partial charge in [-0.05, 0) is 25.7 Å². The molecule has 4 nitrogen and oxygen atoms in total. The van der Waals surface area contributed by atoms with E-state index < -0.39 is 11.4 Å². The van der Waals surface area contributed by atoms with Crippen LogP contribution in [0.4, 0.5) is 0 Å². The fraction of sp³-hybridized carbons (Fsp3) is 0.929. The topological polar surface area (TPSA) is 43.8 Å². The monoisotopic (exact) mass is 254 g/mol. The van der Waals surface area contributed by atoms with Crippen LogP contribution in [0.15, 0.2) is 0 Å². The van der Waals surface area contributed by atoms with Gasteiger partial charge in [0.05, 0.1) is 5.41 Å². The van der Waals surface area contributed by atoms with Crippen molar-refractivity contribution in [2.75, 3.05) is 32.7 Å². The van der Waals surface area contributed by atoms with Gasteiger partial charge in [-0.3, -0.25) is 14.6 Å². The maximum Gasteiger partial charge on any atom is 0.310 e. The summed E-state index contributed by atoms with van der Waals surface area (Å²) < 4.78 is 0. The van der Waals surface area contributed by atoms with Crippen LogP contribution in [0.5, 0.6) is 0 Å². The van der Waals surface area contributed by atoms with Crippen LogP contribution in [-0.4, -0.2) is 59.6 Å². The molecule has 0 bridgehead atoms. The third-order valence-electron chi connectivity index (χ3n) is 4.80. The lowest BCUT2D eigenvalue weighted by molar-refractivity contribution is -0.151. The van der Waals surface area contributed by atoms with Crippen LogP contribution in [-0.2, 0) is 4.79 Å². The smallest absolute Gasteiger partial charge is 0.310 e. The van der Waals surface area contributed by atoms with Gasteiger partial charge < -0.3 is 5.11 Å². The lowest BCUT2D eigenvalue weighted by Gasteiger charge is -2.39. The van der Waals surface area contributed by atoms with Crippen molar-refractivity contribution in [1.82, 2.24) is 9.80 Å². The van der Waals surface area contributed by atoms with Gasteiger partial charge in [0.2, 0.25) is 0 Å². The molecule has 0 atom stereocenters. The van der Waals surface area contributed by atoms with Crippen molar-refractivity contribution >= 4 is 5.97 Å². The van der Waals surface area contributed by atoms with Crippen LogP contribution in [0.25, 0.3) is 0 Å². The van der Waals surface area contributed by atoms with Gasteiger partial charge in [0.25, 0.3) is 0 Å². The highest BCUT2D eigenvalue weighted by Gasteiger charge is 2.38. The number of aliphatic carboxylic acids is 1. The summed E-state index contributed by atoms with van der Waals surface area (Å²) in [6.45, 7) is 9.02. The Morgan fingerprint density at radius 2 is 1.72 bits per heavy atom. The molecule has 0 aromatic heterocycles. The first kappa shape index (κ1) is 13.8. The van der Waals surface area contributed by atoms with E-state index in [0.29, 0.717) is 6.54 Å². The van der Waals surface area contributed by atoms with Crippen molar-refractivity contribution in [3.8, 4) is 0 Å². The fourth-order valence-corrected chi connectivity index (χ4v) is 3.00. The number of piperazine rings is 1. The SMILES string of the molecule is CCC(CC)(CN1CCN(C2CC2)CC1)C(=O)O. The van der Waals surface area contributed by atoms with E-state index in [0.717, 1.165) is 45.1 Å². The number of carboxylic acids is 1. The van der Waals surface area contributed by atoms with Crippen molar-refractivity contribution in [3.63, 3.8) is 0 Å². The van der Waals surface area contributed by atoms with Crippen LogP contribution in [0.3, 0.4) is 0 Å². The van der Waals surface area contributed by atoms with Gasteiger partial charge in [0.15, 0.2) is 0 Å². The van der Waals surface area contributed by atoms with Gasteiger partial charge in [-0.15, -0.1) is 0 Å². The average molecular weight is 254 g/mol. The summed E-state index contributed by atoms with van der Waals surface area (Å²) >= 11 is 0. The van der Waals surface area contributed by atoms with Gasteiger partial charge in [-0.2, -0.15) is 0 Å². The molecule has 1 aliphatic carbocycles. The second-order valence-electron chi connectivity index (χ2n) is 5.84. The lowest BCUT2D eigenvalue weighted by Crippen LogP contribution is -2.51. The van der Waals surface area contributed by atoms with Crippen molar-refractivity contribution in [2.45, 2.75) is 45.6 Å². The Bertz CT molecular complexity index is 290. The van der Waals surface area contributed by atoms with Crippen LogP contribution in [0, 0.1) is 5.41 Å². The van der Waals surface area contributed by atoms with E-state index in [1.807, 2.05) is 13.8 Å². The highest BCUT2D eigenvalue weighted by molar-refractivity contribution is 5.74. The largest absolute Gasteiger partial charge is 0.481 e. The first-order valence-electron chi connectivity index (χ1n) is 7.31. The van der Waals surface area contributed by atoms with Crippen molar-refractivity contribution in [3.05, 3.63) is 0 Å². The van der Waals surface area contributed by atoms with Crippen molar-refractivity contribution < 1.29 is 9.90 Å². The van der Waals surface area contributed by atoms with Crippen molar-refractivity contribution in [1.29, 1.82) is 0 Å². The summed E-state index contributed by atoms with van der Waals surface area (Å²) in [6, 6.07) is 0.841. The molecule has 1 saturated heterocycles. The van der Waals surface area contributed by atoms with Crippen molar-refractivity contribution in [2.24, 2.45) is 5.41 Å². The molecule has 0 aromatic carbocycles. The fourth-order valence-electron chi connectivity index (χ4n) is 3.00. The Morgan fingerprint density at radius 1 is 1.17 bits per heavy atom. The zero-order valence-electron chi connectivity index (χ0n) is 11.7. The molecule has 1 heterocycles. The molecule has 0 radical (unpaired) electrons. The number of hydrogen-bond donors (Lipinski definition) is 1. The highest BCUT2D eigenvalue weighted by Crippen LogP contribution is 2.30. The van der Waals surface area contributed by atoms with E-state index in [9.17, 15) is 9.90 Å². The van der Waals surface area contributed by atoms with E-state index in [2.05, 4.69) is 9.80 Å². The van der Waals surface area contributed by atoms with Gasteiger partial charge >= 0.3 is 5.97 Å². The number of carbonyl (C=O) groups is 1. The molecule has 0 spiro atoms. The van der Waals surface area contributed by atoms with E-state index in [-0.39, 0.29) is 0 Å². The number of hydrogen-bond acceptors (Lipinski definition) is 3. The van der Waals surface area contributed by atoms with Gasteiger partial charge in [0, 0.05) is 38.8 Å². The molecular weight excluding hydrogens is 228 g/mol. The normalized spacial score (nSPS) is 23.2.